The molecule has 0 unspecified atom stereocenters. The molecule has 0 saturated carbocycles. The van der Waals surface area contributed by atoms with Crippen molar-refractivity contribution in [1.82, 2.24) is 0 Å². The van der Waals surface area contributed by atoms with Crippen molar-refractivity contribution in [2.24, 2.45) is 0 Å². The molecule has 2 aromatic rings. The number of hydrogen-bond acceptors (Lipinski definition) is 4. The van der Waals surface area contributed by atoms with Crippen LogP contribution in [0.2, 0.25) is 5.02 Å². The van der Waals surface area contributed by atoms with E-state index in [1.165, 1.54) is 12.1 Å². The molecule has 2 rings (SSSR count). The first-order chi connectivity index (χ1) is 10.1. The molecule has 0 aromatic heterocycles. The van der Waals surface area contributed by atoms with Crippen LogP contribution < -0.4 is 10.5 Å². The average molecular weight is 324 g/mol. The Morgan fingerprint density at radius 1 is 1.24 bits per heavy atom. The van der Waals surface area contributed by atoms with E-state index in [2.05, 4.69) is 0 Å². The summed E-state index contributed by atoms with van der Waals surface area (Å²) >= 11 is 7.65. The normalized spacial score (nSPS) is 10.3. The van der Waals surface area contributed by atoms with Gasteiger partial charge in [-0.2, -0.15) is 0 Å². The second kappa shape index (κ2) is 7.24. The highest BCUT2D eigenvalue weighted by Gasteiger charge is 2.03. The molecule has 110 valence electrons. The summed E-state index contributed by atoms with van der Waals surface area (Å²) in [5.41, 5.74) is 6.51. The van der Waals surface area contributed by atoms with Gasteiger partial charge in [-0.25, -0.2) is 4.79 Å². The summed E-state index contributed by atoms with van der Waals surface area (Å²) in [6.45, 7) is 0.498. The maximum absolute atomic E-state index is 10.7. The molecule has 21 heavy (non-hydrogen) atoms. The molecule has 0 aliphatic carbocycles. The third-order valence-corrected chi connectivity index (χ3v) is 4.13. The number of aromatic carboxylic acids is 1. The molecule has 6 heteroatoms. The minimum absolute atomic E-state index is 0.241. The SMILES string of the molecule is Nc1ccc(SCCOc2ccc(C(=O)O)cc2)c(Cl)c1. The van der Waals surface area contributed by atoms with Gasteiger partial charge in [-0.3, -0.25) is 0 Å². The Kier molecular flexibility index (Phi) is 5.36. The number of carboxylic acid groups (broad SMARTS) is 1. The number of anilines is 1. The number of thioether (sulfide) groups is 1. The lowest BCUT2D eigenvalue weighted by atomic mass is 10.2. The van der Waals surface area contributed by atoms with Gasteiger partial charge in [0.05, 0.1) is 17.2 Å². The van der Waals surface area contributed by atoms with E-state index in [4.69, 9.17) is 27.2 Å². The van der Waals surface area contributed by atoms with Crippen molar-refractivity contribution in [3.8, 4) is 5.75 Å². The van der Waals surface area contributed by atoms with Gasteiger partial charge in [-0.15, -0.1) is 11.8 Å². The van der Waals surface area contributed by atoms with E-state index in [1.807, 2.05) is 6.07 Å². The van der Waals surface area contributed by atoms with Crippen LogP contribution in [0.3, 0.4) is 0 Å². The third kappa shape index (κ3) is 4.58. The van der Waals surface area contributed by atoms with Gasteiger partial charge < -0.3 is 15.6 Å². The molecule has 0 aliphatic heterocycles. The number of benzene rings is 2. The van der Waals surface area contributed by atoms with Crippen LogP contribution in [-0.2, 0) is 0 Å². The van der Waals surface area contributed by atoms with E-state index in [0.717, 1.165) is 10.6 Å². The minimum atomic E-state index is -0.949. The molecular formula is C15H14ClNO3S. The molecule has 0 fully saturated rings. The van der Waals surface area contributed by atoms with Crippen LogP contribution in [0, 0.1) is 0 Å². The Balaban J connectivity index is 1.80. The lowest BCUT2D eigenvalue weighted by Gasteiger charge is -2.07. The van der Waals surface area contributed by atoms with Gasteiger partial charge in [0.2, 0.25) is 0 Å². The molecule has 0 bridgehead atoms. The van der Waals surface area contributed by atoms with Gasteiger partial charge in [-0.05, 0) is 42.5 Å². The first-order valence-corrected chi connectivity index (χ1v) is 7.56. The van der Waals surface area contributed by atoms with Crippen molar-refractivity contribution >= 4 is 35.0 Å². The fourth-order valence-electron chi connectivity index (χ4n) is 1.64. The monoisotopic (exact) mass is 323 g/mol. The van der Waals surface area contributed by atoms with Gasteiger partial charge in [0.25, 0.3) is 0 Å². The fourth-order valence-corrected chi connectivity index (χ4v) is 2.74. The summed E-state index contributed by atoms with van der Waals surface area (Å²) < 4.78 is 5.54. The number of carbonyl (C=O) groups is 1. The number of rotatable bonds is 6. The Bertz CT molecular complexity index is 631. The molecule has 0 radical (unpaired) electrons. The smallest absolute Gasteiger partial charge is 0.335 e. The Labute approximate surface area is 131 Å². The number of nitrogens with two attached hydrogens (primary N) is 1. The lowest BCUT2D eigenvalue weighted by Crippen LogP contribution is -2.01. The maximum atomic E-state index is 10.7. The standard InChI is InChI=1S/C15H14ClNO3S/c16-13-9-11(17)3-6-14(13)21-8-7-20-12-4-1-10(2-5-12)15(18)19/h1-6,9H,7-8,17H2,(H,18,19). The van der Waals surface area contributed by atoms with Crippen LogP contribution in [0.15, 0.2) is 47.4 Å². The Morgan fingerprint density at radius 3 is 2.57 bits per heavy atom. The van der Waals surface area contributed by atoms with E-state index in [1.54, 1.807) is 36.0 Å². The predicted octanol–water partition coefficient (Wildman–Crippen LogP) is 3.79. The number of nitrogen functional groups attached to an aromatic ring is 1. The molecule has 0 heterocycles. The summed E-state index contributed by atoms with van der Waals surface area (Å²) in [7, 11) is 0. The maximum Gasteiger partial charge on any atom is 0.335 e. The van der Waals surface area contributed by atoms with Crippen LogP contribution in [0.5, 0.6) is 5.75 Å². The highest BCUT2D eigenvalue weighted by molar-refractivity contribution is 7.99. The van der Waals surface area contributed by atoms with Crippen molar-refractivity contribution in [3.63, 3.8) is 0 Å². The molecule has 0 spiro atoms. The molecule has 0 atom stereocenters. The minimum Gasteiger partial charge on any atom is -0.493 e. The highest BCUT2D eigenvalue weighted by atomic mass is 35.5. The molecule has 0 amide bonds. The van der Waals surface area contributed by atoms with E-state index in [0.29, 0.717) is 23.1 Å². The van der Waals surface area contributed by atoms with Gasteiger partial charge >= 0.3 is 5.97 Å². The predicted molar refractivity (Wildman–Crippen MR) is 85.5 cm³/mol. The summed E-state index contributed by atoms with van der Waals surface area (Å²) in [5, 5.41) is 9.43. The summed E-state index contributed by atoms with van der Waals surface area (Å²) in [4.78, 5) is 11.7. The molecular weight excluding hydrogens is 310 g/mol. The summed E-state index contributed by atoms with van der Waals surface area (Å²) in [5.74, 6) is 0.420. The quantitative estimate of drug-likeness (QED) is 0.480. The number of ether oxygens (including phenoxy) is 1. The first kappa shape index (κ1) is 15.5. The topological polar surface area (TPSA) is 72.5 Å². The Hall–Kier alpha value is -1.85. The van der Waals surface area contributed by atoms with Crippen molar-refractivity contribution in [2.45, 2.75) is 4.90 Å². The molecule has 2 aromatic carbocycles. The van der Waals surface area contributed by atoms with E-state index in [-0.39, 0.29) is 5.56 Å². The van der Waals surface area contributed by atoms with Crippen LogP contribution >= 0.6 is 23.4 Å². The molecule has 4 nitrogen and oxygen atoms in total. The molecule has 3 N–H and O–H groups in total. The number of carboxylic acids is 1. The summed E-state index contributed by atoms with van der Waals surface area (Å²) in [6, 6.07) is 11.7. The Morgan fingerprint density at radius 2 is 1.95 bits per heavy atom. The van der Waals surface area contributed by atoms with Gasteiger partial charge in [0.15, 0.2) is 0 Å². The molecule has 0 saturated heterocycles. The van der Waals surface area contributed by atoms with Crippen molar-refractivity contribution in [2.75, 3.05) is 18.1 Å². The van der Waals surface area contributed by atoms with Crippen LogP contribution in [0.1, 0.15) is 10.4 Å². The fraction of sp³-hybridized carbons (Fsp3) is 0.133. The average Bonchev–Trinajstić information content (AvgIpc) is 2.46. The number of halogens is 1. The van der Waals surface area contributed by atoms with Crippen LogP contribution in [-0.4, -0.2) is 23.4 Å². The molecule has 0 aliphatic rings. The van der Waals surface area contributed by atoms with E-state index >= 15 is 0 Å². The van der Waals surface area contributed by atoms with Gasteiger partial charge in [0.1, 0.15) is 5.75 Å². The second-order valence-electron chi connectivity index (χ2n) is 4.22. The van der Waals surface area contributed by atoms with Gasteiger partial charge in [-0.1, -0.05) is 11.6 Å². The van der Waals surface area contributed by atoms with E-state index < -0.39 is 5.97 Å². The zero-order valence-electron chi connectivity index (χ0n) is 11.1. The van der Waals surface area contributed by atoms with Crippen LogP contribution in [0.4, 0.5) is 5.69 Å². The van der Waals surface area contributed by atoms with Crippen molar-refractivity contribution < 1.29 is 14.6 Å². The third-order valence-electron chi connectivity index (χ3n) is 2.67. The van der Waals surface area contributed by atoms with Gasteiger partial charge in [0, 0.05) is 16.3 Å². The zero-order valence-corrected chi connectivity index (χ0v) is 12.7. The van der Waals surface area contributed by atoms with Crippen molar-refractivity contribution in [1.29, 1.82) is 0 Å². The number of hydrogen-bond donors (Lipinski definition) is 2. The highest BCUT2D eigenvalue weighted by Crippen LogP contribution is 2.28. The summed E-state index contributed by atoms with van der Waals surface area (Å²) in [6.07, 6.45) is 0. The first-order valence-electron chi connectivity index (χ1n) is 6.20. The van der Waals surface area contributed by atoms with E-state index in [9.17, 15) is 4.79 Å². The zero-order chi connectivity index (χ0) is 15.2. The van der Waals surface area contributed by atoms with Crippen molar-refractivity contribution in [3.05, 3.63) is 53.1 Å². The lowest BCUT2D eigenvalue weighted by molar-refractivity contribution is 0.0697. The largest absolute Gasteiger partial charge is 0.493 e. The van der Waals surface area contributed by atoms with Crippen LogP contribution in [0.25, 0.3) is 0 Å². The second-order valence-corrected chi connectivity index (χ2v) is 5.76.